The number of hydrogen-bond acceptors (Lipinski definition) is 6. The van der Waals surface area contributed by atoms with E-state index >= 15 is 0 Å². The van der Waals surface area contributed by atoms with Gasteiger partial charge in [-0.3, -0.25) is 0 Å². The van der Waals surface area contributed by atoms with Gasteiger partial charge < -0.3 is 19.7 Å². The monoisotopic (exact) mass is 452 g/mol. The van der Waals surface area contributed by atoms with Crippen LogP contribution in [0, 0.1) is 0 Å². The number of carbonyl (C=O) groups is 2. The van der Waals surface area contributed by atoms with Crippen molar-refractivity contribution >= 4 is 33.5 Å². The molecule has 0 amide bonds. The molecule has 0 saturated carbocycles. The van der Waals surface area contributed by atoms with Crippen LogP contribution < -0.4 is 9.47 Å². The number of aromatic carboxylic acids is 2. The molecule has 34 heavy (non-hydrogen) atoms. The Kier molecular flexibility index (Phi) is 5.23. The van der Waals surface area contributed by atoms with E-state index in [0.29, 0.717) is 11.5 Å². The molecule has 8 nitrogen and oxygen atoms in total. The summed E-state index contributed by atoms with van der Waals surface area (Å²) in [5.74, 6) is -0.684. The third-order valence-corrected chi connectivity index (χ3v) is 5.18. The molecule has 0 unspecified atom stereocenters. The van der Waals surface area contributed by atoms with Crippen LogP contribution in [0.25, 0.3) is 21.5 Å². The third kappa shape index (κ3) is 4.20. The molecule has 0 atom stereocenters. The molecule has 166 valence electrons. The molecule has 0 saturated heterocycles. The zero-order valence-electron chi connectivity index (χ0n) is 17.5. The number of benzene rings is 4. The second-order valence-corrected chi connectivity index (χ2v) is 7.43. The Labute approximate surface area is 192 Å². The first-order valence-electron chi connectivity index (χ1n) is 10.2. The molecule has 0 bridgehead atoms. The number of aromatic nitrogens is 2. The number of ether oxygens (including phenoxy) is 2. The van der Waals surface area contributed by atoms with Crippen molar-refractivity contribution in [2.45, 2.75) is 0 Å². The molecule has 4 aromatic carbocycles. The van der Waals surface area contributed by atoms with Crippen LogP contribution in [-0.2, 0) is 0 Å². The Morgan fingerprint density at radius 2 is 0.941 bits per heavy atom. The van der Waals surface area contributed by atoms with Gasteiger partial charge in [0, 0.05) is 12.4 Å². The molecule has 0 fully saturated rings. The number of carboxylic acid groups (broad SMARTS) is 2. The first-order valence-corrected chi connectivity index (χ1v) is 10.2. The highest BCUT2D eigenvalue weighted by molar-refractivity contribution is 5.95. The second-order valence-electron chi connectivity index (χ2n) is 7.43. The zero-order valence-corrected chi connectivity index (χ0v) is 17.5. The predicted molar refractivity (Wildman–Crippen MR) is 124 cm³/mol. The van der Waals surface area contributed by atoms with E-state index in [0.717, 1.165) is 21.5 Å². The van der Waals surface area contributed by atoms with Gasteiger partial charge in [0.1, 0.15) is 11.5 Å². The first kappa shape index (κ1) is 20.9. The lowest BCUT2D eigenvalue weighted by Crippen LogP contribution is -1.97. The fraction of sp³-hybridized carbons (Fsp3) is 0. The highest BCUT2D eigenvalue weighted by Gasteiger charge is 2.13. The summed E-state index contributed by atoms with van der Waals surface area (Å²) in [6.07, 6.45) is 2.96. The SMILES string of the molecule is O=C(O)c1ccc2cc(Oc3nccnc3Oc3ccc4cc(C(=O)O)ccc4c3)ccc2c1. The number of carboxylic acids is 2. The van der Waals surface area contributed by atoms with Crippen LogP contribution in [0.3, 0.4) is 0 Å². The van der Waals surface area contributed by atoms with Crippen molar-refractivity contribution in [3.63, 3.8) is 0 Å². The molecule has 2 N–H and O–H groups in total. The van der Waals surface area contributed by atoms with E-state index in [1.807, 2.05) is 0 Å². The van der Waals surface area contributed by atoms with Gasteiger partial charge in [-0.15, -0.1) is 0 Å². The van der Waals surface area contributed by atoms with Crippen molar-refractivity contribution < 1.29 is 29.3 Å². The van der Waals surface area contributed by atoms with Crippen LogP contribution >= 0.6 is 0 Å². The van der Waals surface area contributed by atoms with Crippen molar-refractivity contribution in [3.05, 3.63) is 96.3 Å². The van der Waals surface area contributed by atoms with Crippen LogP contribution in [0.2, 0.25) is 0 Å². The van der Waals surface area contributed by atoms with Gasteiger partial charge in [-0.05, 0) is 70.1 Å². The Bertz CT molecular complexity index is 1460. The van der Waals surface area contributed by atoms with Gasteiger partial charge in [-0.25, -0.2) is 19.6 Å². The molecule has 5 rings (SSSR count). The normalized spacial score (nSPS) is 10.8. The highest BCUT2D eigenvalue weighted by Crippen LogP contribution is 2.33. The Hall–Kier alpha value is -4.98. The van der Waals surface area contributed by atoms with E-state index in [1.54, 1.807) is 60.7 Å². The Morgan fingerprint density at radius 1 is 0.559 bits per heavy atom. The molecule has 1 aromatic heterocycles. The molecular formula is C26H16N2O6. The smallest absolute Gasteiger partial charge is 0.335 e. The van der Waals surface area contributed by atoms with Crippen molar-refractivity contribution in [2.24, 2.45) is 0 Å². The standard InChI is InChI=1S/C26H16N2O6/c29-25(30)19-3-1-17-13-21(7-5-15(17)11-19)33-23-24(28-10-9-27-23)34-22-8-6-16-12-20(26(31)32)4-2-18(16)14-22/h1-14H,(H,29,30)(H,31,32). The number of rotatable bonds is 6. The summed E-state index contributed by atoms with van der Waals surface area (Å²) in [5, 5.41) is 21.5. The summed E-state index contributed by atoms with van der Waals surface area (Å²) >= 11 is 0. The number of fused-ring (bicyclic) bond motifs is 2. The first-order chi connectivity index (χ1) is 16.5. The maximum Gasteiger partial charge on any atom is 0.335 e. The average Bonchev–Trinajstić information content (AvgIpc) is 2.84. The molecular weight excluding hydrogens is 436 g/mol. The second kappa shape index (κ2) is 8.51. The largest absolute Gasteiger partial charge is 0.478 e. The summed E-state index contributed by atoms with van der Waals surface area (Å²) in [5.41, 5.74) is 0.417. The van der Waals surface area contributed by atoms with Gasteiger partial charge in [-0.1, -0.05) is 24.3 Å². The molecule has 0 spiro atoms. The van der Waals surface area contributed by atoms with Gasteiger partial charge in [0.25, 0.3) is 11.8 Å². The minimum absolute atomic E-state index is 0.158. The average molecular weight is 452 g/mol. The molecule has 5 aromatic rings. The van der Waals surface area contributed by atoms with Crippen LogP contribution in [-0.4, -0.2) is 32.1 Å². The van der Waals surface area contributed by atoms with Crippen LogP contribution in [0.5, 0.6) is 23.3 Å². The van der Waals surface area contributed by atoms with Crippen molar-refractivity contribution in [3.8, 4) is 23.3 Å². The van der Waals surface area contributed by atoms with E-state index < -0.39 is 11.9 Å². The number of nitrogens with zero attached hydrogens (tertiary/aromatic N) is 2. The Morgan fingerprint density at radius 3 is 1.35 bits per heavy atom. The highest BCUT2D eigenvalue weighted by atomic mass is 16.5. The summed E-state index contributed by atoms with van der Waals surface area (Å²) in [6.45, 7) is 0. The van der Waals surface area contributed by atoms with Gasteiger partial charge >= 0.3 is 11.9 Å². The van der Waals surface area contributed by atoms with E-state index in [1.165, 1.54) is 24.5 Å². The maximum atomic E-state index is 11.2. The minimum atomic E-state index is -0.986. The fourth-order valence-corrected chi connectivity index (χ4v) is 3.52. The summed E-state index contributed by atoms with van der Waals surface area (Å²) in [6, 6.07) is 20.2. The molecule has 0 aliphatic heterocycles. The quantitative estimate of drug-likeness (QED) is 0.334. The van der Waals surface area contributed by atoms with Crippen LogP contribution in [0.1, 0.15) is 20.7 Å². The Balaban J connectivity index is 1.41. The van der Waals surface area contributed by atoms with Gasteiger partial charge in [0.05, 0.1) is 11.1 Å². The lowest BCUT2D eigenvalue weighted by Gasteiger charge is -2.11. The van der Waals surface area contributed by atoms with Crippen molar-refractivity contribution in [1.29, 1.82) is 0 Å². The van der Waals surface area contributed by atoms with E-state index in [9.17, 15) is 9.59 Å². The molecule has 0 aliphatic rings. The number of hydrogen-bond donors (Lipinski definition) is 2. The summed E-state index contributed by atoms with van der Waals surface area (Å²) in [4.78, 5) is 30.8. The van der Waals surface area contributed by atoms with Crippen LogP contribution in [0.15, 0.2) is 85.2 Å². The predicted octanol–water partition coefficient (Wildman–Crippen LogP) is 5.76. The van der Waals surface area contributed by atoms with Crippen LogP contribution in [0.4, 0.5) is 0 Å². The van der Waals surface area contributed by atoms with Gasteiger partial charge in [0.15, 0.2) is 0 Å². The van der Waals surface area contributed by atoms with E-state index in [2.05, 4.69) is 9.97 Å². The zero-order chi connectivity index (χ0) is 23.7. The minimum Gasteiger partial charge on any atom is -0.478 e. The van der Waals surface area contributed by atoms with Crippen molar-refractivity contribution in [1.82, 2.24) is 9.97 Å². The van der Waals surface area contributed by atoms with E-state index in [-0.39, 0.29) is 22.9 Å². The molecule has 0 radical (unpaired) electrons. The lowest BCUT2D eigenvalue weighted by molar-refractivity contribution is 0.0686. The van der Waals surface area contributed by atoms with Gasteiger partial charge in [-0.2, -0.15) is 0 Å². The fourth-order valence-electron chi connectivity index (χ4n) is 3.52. The summed E-state index contributed by atoms with van der Waals surface area (Å²) < 4.78 is 11.8. The maximum absolute atomic E-state index is 11.2. The molecule has 0 aliphatic carbocycles. The molecule has 8 heteroatoms. The van der Waals surface area contributed by atoms with Gasteiger partial charge in [0.2, 0.25) is 0 Å². The van der Waals surface area contributed by atoms with E-state index in [4.69, 9.17) is 19.7 Å². The topological polar surface area (TPSA) is 119 Å². The lowest BCUT2D eigenvalue weighted by atomic mass is 10.1. The van der Waals surface area contributed by atoms with Crippen molar-refractivity contribution in [2.75, 3.05) is 0 Å². The third-order valence-electron chi connectivity index (χ3n) is 5.18. The summed E-state index contributed by atoms with van der Waals surface area (Å²) in [7, 11) is 0. The molecule has 1 heterocycles.